The summed E-state index contributed by atoms with van der Waals surface area (Å²) in [6, 6.07) is 25.4. The van der Waals surface area contributed by atoms with Gasteiger partial charge in [-0.1, -0.05) is 42.5 Å². The Bertz CT molecular complexity index is 1590. The van der Waals surface area contributed by atoms with Crippen LogP contribution < -0.4 is 11.3 Å². The van der Waals surface area contributed by atoms with Crippen LogP contribution in [0, 0.1) is 11.3 Å². The molecule has 0 unspecified atom stereocenters. The highest BCUT2D eigenvalue weighted by Gasteiger charge is 2.18. The number of hydrogen-bond donors (Lipinski definition) is 1. The first-order valence-electron chi connectivity index (χ1n) is 11.5. The molecule has 174 valence electrons. The van der Waals surface area contributed by atoms with Gasteiger partial charge in [-0.2, -0.15) is 5.26 Å². The molecule has 2 N–H and O–H groups in total. The van der Waals surface area contributed by atoms with Gasteiger partial charge in [0, 0.05) is 42.3 Å². The first-order chi connectivity index (χ1) is 17.2. The normalized spacial score (nSPS) is 11.2. The molecule has 7 nitrogen and oxygen atoms in total. The SMILES string of the molecule is N#Cc1ccc(Cn2cc(-c3nc4ccccc4n(CCOCCN)c3=O)c3ccccc32)cc1. The van der Waals surface area contributed by atoms with E-state index in [2.05, 4.69) is 10.6 Å². The van der Waals surface area contributed by atoms with Gasteiger partial charge in [-0.05, 0) is 35.9 Å². The summed E-state index contributed by atoms with van der Waals surface area (Å²) in [5, 5.41) is 10.1. The Morgan fingerprint density at radius 3 is 2.46 bits per heavy atom. The Morgan fingerprint density at radius 1 is 0.943 bits per heavy atom. The summed E-state index contributed by atoms with van der Waals surface area (Å²) >= 11 is 0. The van der Waals surface area contributed by atoms with Crippen LogP contribution in [0.1, 0.15) is 11.1 Å². The molecule has 2 heterocycles. The second-order valence-corrected chi connectivity index (χ2v) is 8.30. The van der Waals surface area contributed by atoms with Gasteiger partial charge in [0.15, 0.2) is 0 Å². The van der Waals surface area contributed by atoms with Gasteiger partial charge >= 0.3 is 0 Å². The lowest BCUT2D eigenvalue weighted by atomic mass is 10.1. The fraction of sp³-hybridized carbons (Fsp3) is 0.179. The molecular formula is C28H25N5O2. The number of para-hydroxylation sites is 3. The highest BCUT2D eigenvalue weighted by molar-refractivity contribution is 5.96. The molecule has 0 amide bonds. The van der Waals surface area contributed by atoms with E-state index in [4.69, 9.17) is 20.7 Å². The highest BCUT2D eigenvalue weighted by Crippen LogP contribution is 2.29. The molecule has 0 saturated carbocycles. The van der Waals surface area contributed by atoms with E-state index >= 15 is 0 Å². The smallest absolute Gasteiger partial charge is 0.277 e. The van der Waals surface area contributed by atoms with Gasteiger partial charge < -0.3 is 19.6 Å². The predicted molar refractivity (Wildman–Crippen MR) is 137 cm³/mol. The van der Waals surface area contributed by atoms with Crippen LogP contribution in [-0.4, -0.2) is 33.9 Å². The van der Waals surface area contributed by atoms with Crippen molar-refractivity contribution in [3.05, 3.63) is 100 Å². The zero-order valence-corrected chi connectivity index (χ0v) is 19.2. The maximum absolute atomic E-state index is 13.7. The molecular weight excluding hydrogens is 438 g/mol. The largest absolute Gasteiger partial charge is 0.378 e. The Morgan fingerprint density at radius 2 is 1.69 bits per heavy atom. The van der Waals surface area contributed by atoms with E-state index in [1.807, 2.05) is 79.0 Å². The number of benzene rings is 3. The number of hydrogen-bond acceptors (Lipinski definition) is 5. The molecule has 0 saturated heterocycles. The van der Waals surface area contributed by atoms with Crippen LogP contribution in [0.2, 0.25) is 0 Å². The van der Waals surface area contributed by atoms with Crippen molar-refractivity contribution >= 4 is 21.9 Å². The highest BCUT2D eigenvalue weighted by atomic mass is 16.5. The molecule has 3 aromatic carbocycles. The Labute approximate surface area is 202 Å². The van der Waals surface area contributed by atoms with Crippen molar-refractivity contribution in [1.29, 1.82) is 5.26 Å². The zero-order valence-electron chi connectivity index (χ0n) is 19.2. The van der Waals surface area contributed by atoms with Gasteiger partial charge in [0.25, 0.3) is 5.56 Å². The number of nitriles is 1. The molecule has 7 heteroatoms. The average Bonchev–Trinajstić information content (AvgIpc) is 3.26. The molecule has 0 radical (unpaired) electrons. The maximum atomic E-state index is 13.7. The van der Waals surface area contributed by atoms with Crippen LogP contribution in [0.5, 0.6) is 0 Å². The van der Waals surface area contributed by atoms with E-state index in [-0.39, 0.29) is 5.56 Å². The molecule has 5 aromatic rings. The first-order valence-corrected chi connectivity index (χ1v) is 11.5. The van der Waals surface area contributed by atoms with Crippen LogP contribution in [-0.2, 0) is 17.8 Å². The van der Waals surface area contributed by atoms with Crippen LogP contribution in [0.25, 0.3) is 33.2 Å². The number of rotatable bonds is 8. The first kappa shape index (κ1) is 22.5. The van der Waals surface area contributed by atoms with Crippen molar-refractivity contribution in [2.75, 3.05) is 19.8 Å². The third kappa shape index (κ3) is 4.45. The molecule has 5 rings (SSSR count). The quantitative estimate of drug-likeness (QED) is 0.352. The molecule has 0 aliphatic carbocycles. The lowest BCUT2D eigenvalue weighted by Crippen LogP contribution is -2.26. The minimum atomic E-state index is -0.152. The van der Waals surface area contributed by atoms with Crippen molar-refractivity contribution < 1.29 is 4.74 Å². The third-order valence-corrected chi connectivity index (χ3v) is 6.05. The van der Waals surface area contributed by atoms with Gasteiger partial charge in [0.05, 0.1) is 35.9 Å². The van der Waals surface area contributed by atoms with E-state index in [0.29, 0.717) is 44.1 Å². The van der Waals surface area contributed by atoms with Crippen LogP contribution >= 0.6 is 0 Å². The standard InChI is InChI=1S/C28H25N5O2/c29-13-15-35-16-14-33-26-8-4-2-6-24(26)31-27(28(33)34)23-19-32(25-7-3-1-5-22(23)25)18-21-11-9-20(17-30)10-12-21/h1-12,19H,13-16,18,29H2. The number of nitrogens with zero attached hydrogens (tertiary/aromatic N) is 4. The van der Waals surface area contributed by atoms with Gasteiger partial charge in [-0.3, -0.25) is 4.79 Å². The van der Waals surface area contributed by atoms with Crippen molar-refractivity contribution in [3.63, 3.8) is 0 Å². The fourth-order valence-electron chi connectivity index (χ4n) is 4.38. The monoisotopic (exact) mass is 463 g/mol. The van der Waals surface area contributed by atoms with Gasteiger partial charge in [-0.15, -0.1) is 0 Å². The minimum Gasteiger partial charge on any atom is -0.378 e. The second-order valence-electron chi connectivity index (χ2n) is 8.30. The fourth-order valence-corrected chi connectivity index (χ4v) is 4.38. The number of nitrogens with two attached hydrogens (primary N) is 1. The summed E-state index contributed by atoms with van der Waals surface area (Å²) in [7, 11) is 0. The van der Waals surface area contributed by atoms with E-state index in [9.17, 15) is 4.79 Å². The van der Waals surface area contributed by atoms with E-state index in [1.165, 1.54) is 0 Å². The lowest BCUT2D eigenvalue weighted by Gasteiger charge is -2.12. The topological polar surface area (TPSA) is 98.9 Å². The Balaban J connectivity index is 1.62. The predicted octanol–water partition coefficient (Wildman–Crippen LogP) is 3.91. The van der Waals surface area contributed by atoms with E-state index in [0.717, 1.165) is 33.1 Å². The number of ether oxygens (including phenoxy) is 1. The van der Waals surface area contributed by atoms with Crippen LogP contribution in [0.15, 0.2) is 83.8 Å². The van der Waals surface area contributed by atoms with E-state index < -0.39 is 0 Å². The molecule has 2 aromatic heterocycles. The number of fused-ring (bicyclic) bond motifs is 2. The molecule has 35 heavy (non-hydrogen) atoms. The zero-order chi connectivity index (χ0) is 24.2. The summed E-state index contributed by atoms with van der Waals surface area (Å²) in [5.74, 6) is 0. The van der Waals surface area contributed by atoms with Gasteiger partial charge in [-0.25, -0.2) is 4.98 Å². The molecule has 0 aliphatic heterocycles. The second kappa shape index (κ2) is 9.94. The van der Waals surface area contributed by atoms with Crippen molar-refractivity contribution in [3.8, 4) is 17.3 Å². The van der Waals surface area contributed by atoms with Crippen LogP contribution in [0.3, 0.4) is 0 Å². The summed E-state index contributed by atoms with van der Waals surface area (Å²) in [6.45, 7) is 2.31. The van der Waals surface area contributed by atoms with Crippen molar-refractivity contribution in [2.45, 2.75) is 13.1 Å². The summed E-state index contributed by atoms with van der Waals surface area (Å²) in [4.78, 5) is 18.5. The van der Waals surface area contributed by atoms with E-state index in [1.54, 1.807) is 4.57 Å². The van der Waals surface area contributed by atoms with Gasteiger partial charge in [0.1, 0.15) is 5.69 Å². The molecule has 0 aliphatic rings. The number of aromatic nitrogens is 3. The minimum absolute atomic E-state index is 0.152. The lowest BCUT2D eigenvalue weighted by molar-refractivity contribution is 0.133. The average molecular weight is 464 g/mol. The Kier molecular flexibility index (Phi) is 6.40. The third-order valence-electron chi connectivity index (χ3n) is 6.05. The summed E-state index contributed by atoms with van der Waals surface area (Å²) in [5.41, 5.74) is 10.8. The maximum Gasteiger partial charge on any atom is 0.277 e. The molecule has 0 atom stereocenters. The van der Waals surface area contributed by atoms with Crippen LogP contribution in [0.4, 0.5) is 0 Å². The Hall–Kier alpha value is -4.25. The van der Waals surface area contributed by atoms with Crippen molar-refractivity contribution in [1.82, 2.24) is 14.1 Å². The van der Waals surface area contributed by atoms with Gasteiger partial charge in [0.2, 0.25) is 0 Å². The molecule has 0 spiro atoms. The molecule has 0 fully saturated rings. The summed E-state index contributed by atoms with van der Waals surface area (Å²) in [6.07, 6.45) is 2.00. The van der Waals surface area contributed by atoms with Crippen molar-refractivity contribution in [2.24, 2.45) is 5.73 Å². The summed E-state index contributed by atoms with van der Waals surface area (Å²) < 4.78 is 9.42. The molecule has 0 bridgehead atoms.